The van der Waals surface area contributed by atoms with Crippen molar-refractivity contribution in [1.82, 2.24) is 9.88 Å². The van der Waals surface area contributed by atoms with E-state index in [2.05, 4.69) is 4.98 Å². The molecule has 7 heteroatoms. The molecule has 1 amide bonds. The molecule has 0 saturated heterocycles. The summed E-state index contributed by atoms with van der Waals surface area (Å²) < 4.78 is 27.8. The number of hydrogen-bond acceptors (Lipinski definition) is 2. The van der Waals surface area contributed by atoms with Gasteiger partial charge in [-0.2, -0.15) is 0 Å². The molecule has 0 fully saturated rings. The van der Waals surface area contributed by atoms with Crippen molar-refractivity contribution in [3.63, 3.8) is 0 Å². The predicted octanol–water partition coefficient (Wildman–Crippen LogP) is 2.97. The lowest BCUT2D eigenvalue weighted by Gasteiger charge is -2.29. The number of hydrogen-bond donors (Lipinski definition) is 2. The zero-order chi connectivity index (χ0) is 17.6. The summed E-state index contributed by atoms with van der Waals surface area (Å²) >= 11 is 0. The van der Waals surface area contributed by atoms with E-state index in [0.717, 1.165) is 6.07 Å². The number of fused-ring (bicyclic) bond motifs is 3. The third kappa shape index (κ3) is 2.64. The zero-order valence-corrected chi connectivity index (χ0v) is 13.4. The number of benzene rings is 1. The van der Waals surface area contributed by atoms with Crippen molar-refractivity contribution >= 4 is 22.8 Å². The maximum absolute atomic E-state index is 14.1. The molecule has 1 aliphatic rings. The Balaban J connectivity index is 2.23. The first-order valence-corrected chi connectivity index (χ1v) is 7.73. The highest BCUT2D eigenvalue weighted by Crippen LogP contribution is 2.45. The van der Waals surface area contributed by atoms with Crippen LogP contribution in [0.4, 0.5) is 8.78 Å². The van der Waals surface area contributed by atoms with Crippen LogP contribution < -0.4 is 0 Å². The van der Waals surface area contributed by atoms with Gasteiger partial charge in [-0.05, 0) is 24.5 Å². The van der Waals surface area contributed by atoms with Gasteiger partial charge >= 0.3 is 5.97 Å². The molecule has 1 heterocycles. The van der Waals surface area contributed by atoms with Crippen molar-refractivity contribution in [3.05, 3.63) is 35.0 Å². The third-order valence-electron chi connectivity index (χ3n) is 4.62. The highest BCUT2D eigenvalue weighted by atomic mass is 19.1. The fourth-order valence-corrected chi connectivity index (χ4v) is 3.59. The first-order chi connectivity index (χ1) is 11.3. The van der Waals surface area contributed by atoms with Crippen LogP contribution in [0.5, 0.6) is 0 Å². The molecule has 1 aromatic heterocycles. The van der Waals surface area contributed by atoms with Gasteiger partial charge in [0, 0.05) is 37.2 Å². The van der Waals surface area contributed by atoms with Gasteiger partial charge in [0.05, 0.1) is 17.9 Å². The molecule has 0 radical (unpaired) electrons. The molecule has 0 aliphatic heterocycles. The third-order valence-corrected chi connectivity index (χ3v) is 4.62. The number of halogens is 2. The molecule has 2 unspecified atom stereocenters. The standard InChI is InChI=1S/C17H18F2N2O3/c1-21(2)17(24)10-4-3-8(5-13(22)23)15-14(10)11-6-9(18)7-12(19)16(11)20-15/h6-8,10,20H,3-5H2,1-2H3,(H,22,23). The second-order valence-corrected chi connectivity index (χ2v) is 6.42. The molecule has 3 rings (SSSR count). The van der Waals surface area contributed by atoms with Crippen molar-refractivity contribution in [2.45, 2.75) is 31.1 Å². The van der Waals surface area contributed by atoms with Crippen LogP contribution >= 0.6 is 0 Å². The molecule has 0 saturated carbocycles. The number of carbonyl (C=O) groups excluding carboxylic acids is 1. The van der Waals surface area contributed by atoms with E-state index < -0.39 is 23.5 Å². The Morgan fingerprint density at radius 1 is 1.29 bits per heavy atom. The fourth-order valence-electron chi connectivity index (χ4n) is 3.59. The van der Waals surface area contributed by atoms with Crippen LogP contribution in [0.1, 0.15) is 42.4 Å². The Hall–Kier alpha value is -2.44. The predicted molar refractivity (Wildman–Crippen MR) is 83.9 cm³/mol. The van der Waals surface area contributed by atoms with Gasteiger partial charge in [-0.25, -0.2) is 8.78 Å². The maximum Gasteiger partial charge on any atom is 0.304 e. The Bertz CT molecular complexity index is 829. The minimum absolute atomic E-state index is 0.118. The molecular weight excluding hydrogens is 318 g/mol. The van der Waals surface area contributed by atoms with E-state index >= 15 is 0 Å². The van der Waals surface area contributed by atoms with Gasteiger partial charge in [-0.3, -0.25) is 9.59 Å². The van der Waals surface area contributed by atoms with Crippen LogP contribution in [0.2, 0.25) is 0 Å². The molecule has 2 N–H and O–H groups in total. The largest absolute Gasteiger partial charge is 0.481 e. The number of aromatic amines is 1. The highest BCUT2D eigenvalue weighted by Gasteiger charge is 2.36. The molecule has 5 nitrogen and oxygen atoms in total. The second-order valence-electron chi connectivity index (χ2n) is 6.42. The summed E-state index contributed by atoms with van der Waals surface area (Å²) in [6, 6.07) is 1.98. The molecule has 1 aliphatic carbocycles. The van der Waals surface area contributed by atoms with Crippen molar-refractivity contribution in [1.29, 1.82) is 0 Å². The summed E-state index contributed by atoms with van der Waals surface area (Å²) in [6.45, 7) is 0. The van der Waals surface area contributed by atoms with Gasteiger partial charge in [-0.15, -0.1) is 0 Å². The Labute approximate surface area is 137 Å². The zero-order valence-electron chi connectivity index (χ0n) is 13.4. The average molecular weight is 336 g/mol. The highest BCUT2D eigenvalue weighted by molar-refractivity contribution is 5.94. The molecule has 2 aromatic rings. The number of carbonyl (C=O) groups is 2. The van der Waals surface area contributed by atoms with Crippen molar-refractivity contribution in [2.24, 2.45) is 0 Å². The summed E-state index contributed by atoms with van der Waals surface area (Å²) in [4.78, 5) is 28.0. The van der Waals surface area contributed by atoms with Crippen LogP contribution in [0.15, 0.2) is 12.1 Å². The number of rotatable bonds is 3. The number of amides is 1. The van der Waals surface area contributed by atoms with Gasteiger partial charge in [0.25, 0.3) is 0 Å². The summed E-state index contributed by atoms with van der Waals surface area (Å²) in [5.74, 6) is -3.47. The van der Waals surface area contributed by atoms with Crippen LogP contribution in [0.3, 0.4) is 0 Å². The summed E-state index contributed by atoms with van der Waals surface area (Å²) in [7, 11) is 3.25. The number of nitrogens with one attached hydrogen (secondary N) is 1. The van der Waals surface area contributed by atoms with Gasteiger partial charge in [0.1, 0.15) is 11.6 Å². The van der Waals surface area contributed by atoms with Crippen molar-refractivity contribution in [2.75, 3.05) is 14.1 Å². The van der Waals surface area contributed by atoms with Crippen molar-refractivity contribution in [3.8, 4) is 0 Å². The fraction of sp³-hybridized carbons (Fsp3) is 0.412. The van der Waals surface area contributed by atoms with Crippen molar-refractivity contribution < 1.29 is 23.5 Å². The Kier molecular flexibility index (Phi) is 4.03. The molecule has 1 aromatic carbocycles. The molecule has 24 heavy (non-hydrogen) atoms. The van der Waals surface area contributed by atoms with Gasteiger partial charge in [-0.1, -0.05) is 0 Å². The summed E-state index contributed by atoms with van der Waals surface area (Å²) in [6.07, 6.45) is 0.834. The van der Waals surface area contributed by atoms with E-state index in [-0.39, 0.29) is 23.8 Å². The van der Waals surface area contributed by atoms with Gasteiger partial charge < -0.3 is 15.0 Å². The van der Waals surface area contributed by atoms with Crippen LogP contribution in [0, 0.1) is 11.6 Å². The summed E-state index contributed by atoms with van der Waals surface area (Å²) in [5.41, 5.74) is 1.18. The lowest BCUT2D eigenvalue weighted by Crippen LogP contribution is -2.31. The van der Waals surface area contributed by atoms with Gasteiger partial charge in [0.2, 0.25) is 5.91 Å². The van der Waals surface area contributed by atoms with Crippen LogP contribution in [-0.2, 0) is 9.59 Å². The van der Waals surface area contributed by atoms with Crippen LogP contribution in [0.25, 0.3) is 10.9 Å². The molecular formula is C17H18F2N2O3. The monoisotopic (exact) mass is 336 g/mol. The molecule has 0 spiro atoms. The van der Waals surface area contributed by atoms with E-state index in [1.54, 1.807) is 14.1 Å². The maximum atomic E-state index is 14.1. The smallest absolute Gasteiger partial charge is 0.304 e. The number of H-pyrrole nitrogens is 1. The van der Waals surface area contributed by atoms with Gasteiger partial charge in [0.15, 0.2) is 0 Å². The average Bonchev–Trinajstić information content (AvgIpc) is 2.87. The molecule has 0 bridgehead atoms. The minimum Gasteiger partial charge on any atom is -0.481 e. The summed E-state index contributed by atoms with van der Waals surface area (Å²) in [5, 5.41) is 9.42. The lowest BCUT2D eigenvalue weighted by molar-refractivity contribution is -0.137. The van der Waals surface area contributed by atoms with E-state index in [9.17, 15) is 18.4 Å². The Morgan fingerprint density at radius 3 is 2.62 bits per heavy atom. The minimum atomic E-state index is -0.964. The number of aromatic nitrogens is 1. The Morgan fingerprint density at radius 2 is 2.00 bits per heavy atom. The number of likely N-dealkylation sites (N-methyl/N-ethyl adjacent to an activating group) is 1. The SMILES string of the molecule is CN(C)C(=O)C1CCC(CC(=O)O)c2[nH]c3c(F)cc(F)cc3c21. The van der Waals surface area contributed by atoms with E-state index in [1.807, 2.05) is 0 Å². The normalized spacial score (nSPS) is 20.0. The van der Waals surface area contributed by atoms with E-state index in [1.165, 1.54) is 11.0 Å². The number of nitrogens with zero attached hydrogens (tertiary/aromatic N) is 1. The number of carboxylic acids is 1. The van der Waals surface area contributed by atoms with E-state index in [4.69, 9.17) is 5.11 Å². The second kappa shape index (κ2) is 5.89. The first-order valence-electron chi connectivity index (χ1n) is 7.73. The molecule has 128 valence electrons. The molecule has 2 atom stereocenters. The quantitative estimate of drug-likeness (QED) is 0.905. The lowest BCUT2D eigenvalue weighted by atomic mass is 9.77. The van der Waals surface area contributed by atoms with E-state index in [0.29, 0.717) is 29.5 Å². The first kappa shape index (κ1) is 16.4. The number of carboxylic acid groups (broad SMARTS) is 1. The van der Waals surface area contributed by atoms with Crippen LogP contribution in [-0.4, -0.2) is 41.0 Å². The number of aliphatic carboxylic acids is 1. The topological polar surface area (TPSA) is 73.4 Å².